The number of halogens is 1. The van der Waals surface area contributed by atoms with Crippen molar-refractivity contribution in [2.24, 2.45) is 4.99 Å². The number of hydrogen-bond donors (Lipinski definition) is 2. The van der Waals surface area contributed by atoms with E-state index in [9.17, 15) is 0 Å². The predicted molar refractivity (Wildman–Crippen MR) is 126 cm³/mol. The maximum absolute atomic E-state index is 5.19. The summed E-state index contributed by atoms with van der Waals surface area (Å²) in [6.45, 7) is 4.40. The van der Waals surface area contributed by atoms with E-state index in [1.165, 1.54) is 12.2 Å². The van der Waals surface area contributed by atoms with Gasteiger partial charge < -0.3 is 15.4 Å². The minimum atomic E-state index is 0. The summed E-state index contributed by atoms with van der Waals surface area (Å²) in [6.07, 6.45) is 6.47. The summed E-state index contributed by atoms with van der Waals surface area (Å²) in [5.74, 6) is 2.89. The van der Waals surface area contributed by atoms with Crippen LogP contribution in [0.25, 0.3) is 5.69 Å². The molecule has 0 aliphatic heterocycles. The third-order valence-electron chi connectivity index (χ3n) is 3.79. The number of benzene rings is 1. The predicted octanol–water partition coefficient (Wildman–Crippen LogP) is 3.70. The average molecular weight is 503 g/mol. The fourth-order valence-electron chi connectivity index (χ4n) is 2.40. The highest BCUT2D eigenvalue weighted by Gasteiger charge is 2.03. The van der Waals surface area contributed by atoms with Gasteiger partial charge in [0.1, 0.15) is 5.75 Å². The Kier molecular flexibility index (Phi) is 12.0. The Balaban J connectivity index is 0.00000364. The summed E-state index contributed by atoms with van der Waals surface area (Å²) in [6, 6.07) is 9.83. The summed E-state index contributed by atoms with van der Waals surface area (Å²) in [5.41, 5.74) is 1.93. The minimum absolute atomic E-state index is 0. The summed E-state index contributed by atoms with van der Waals surface area (Å²) < 4.78 is 7.04. The smallest absolute Gasteiger partial charge is 0.191 e. The molecule has 0 aliphatic rings. The maximum atomic E-state index is 5.19. The van der Waals surface area contributed by atoms with E-state index in [4.69, 9.17) is 4.74 Å². The van der Waals surface area contributed by atoms with E-state index in [0.29, 0.717) is 6.54 Å². The lowest BCUT2D eigenvalue weighted by Gasteiger charge is -2.10. The van der Waals surface area contributed by atoms with Crippen LogP contribution in [0.2, 0.25) is 0 Å². The first-order chi connectivity index (χ1) is 12.8. The van der Waals surface area contributed by atoms with Crippen molar-refractivity contribution in [3.8, 4) is 11.4 Å². The van der Waals surface area contributed by atoms with E-state index in [-0.39, 0.29) is 24.0 Å². The molecule has 150 valence electrons. The molecule has 27 heavy (non-hydrogen) atoms. The lowest BCUT2D eigenvalue weighted by molar-refractivity contribution is 0.414. The Labute approximate surface area is 183 Å². The van der Waals surface area contributed by atoms with Crippen LogP contribution in [0.5, 0.6) is 5.75 Å². The van der Waals surface area contributed by atoms with Crippen LogP contribution >= 0.6 is 35.7 Å². The number of aromatic nitrogens is 2. The molecule has 1 aromatic carbocycles. The molecule has 2 aromatic rings. The maximum Gasteiger partial charge on any atom is 0.191 e. The third-order valence-corrected chi connectivity index (χ3v) is 4.49. The molecule has 2 N–H and O–H groups in total. The van der Waals surface area contributed by atoms with Crippen molar-refractivity contribution in [1.82, 2.24) is 20.4 Å². The van der Waals surface area contributed by atoms with Crippen molar-refractivity contribution in [3.05, 3.63) is 42.2 Å². The molecular weight excluding hydrogens is 473 g/mol. The second-order valence-electron chi connectivity index (χ2n) is 5.77. The second kappa shape index (κ2) is 13.7. The van der Waals surface area contributed by atoms with Gasteiger partial charge >= 0.3 is 0 Å². The molecular formula is C19H30IN5OS. The molecule has 1 aromatic heterocycles. The zero-order chi connectivity index (χ0) is 18.6. The molecule has 0 saturated heterocycles. The Hall–Kier alpha value is -1.42. The molecule has 0 amide bonds. The van der Waals surface area contributed by atoms with Gasteiger partial charge in [-0.3, -0.25) is 0 Å². The van der Waals surface area contributed by atoms with E-state index in [1.807, 2.05) is 53.0 Å². The van der Waals surface area contributed by atoms with Crippen LogP contribution in [-0.2, 0) is 6.54 Å². The summed E-state index contributed by atoms with van der Waals surface area (Å²) >= 11 is 1.89. The monoisotopic (exact) mass is 503 g/mol. The van der Waals surface area contributed by atoms with E-state index >= 15 is 0 Å². The molecule has 8 heteroatoms. The highest BCUT2D eigenvalue weighted by Crippen LogP contribution is 2.14. The van der Waals surface area contributed by atoms with Gasteiger partial charge in [0.2, 0.25) is 0 Å². The molecule has 0 atom stereocenters. The number of unbranched alkanes of at least 4 members (excludes halogenated alkanes) is 1. The van der Waals surface area contributed by atoms with Gasteiger partial charge in [0.05, 0.1) is 25.0 Å². The first kappa shape index (κ1) is 23.6. The molecule has 0 saturated carbocycles. The van der Waals surface area contributed by atoms with E-state index in [0.717, 1.165) is 42.6 Å². The molecule has 0 aliphatic carbocycles. The zero-order valence-corrected chi connectivity index (χ0v) is 19.4. The van der Waals surface area contributed by atoms with Crippen molar-refractivity contribution in [1.29, 1.82) is 0 Å². The van der Waals surface area contributed by atoms with Gasteiger partial charge in [0.25, 0.3) is 0 Å². The van der Waals surface area contributed by atoms with Crippen molar-refractivity contribution in [2.45, 2.75) is 26.3 Å². The molecule has 0 fully saturated rings. The first-order valence-electron chi connectivity index (χ1n) is 8.97. The normalized spacial score (nSPS) is 11.0. The Morgan fingerprint density at radius 2 is 1.96 bits per heavy atom. The quantitative estimate of drug-likeness (QED) is 0.224. The van der Waals surface area contributed by atoms with Gasteiger partial charge in [0.15, 0.2) is 5.96 Å². The van der Waals surface area contributed by atoms with E-state index in [1.54, 1.807) is 7.11 Å². The number of rotatable bonds is 10. The van der Waals surface area contributed by atoms with Crippen LogP contribution in [0, 0.1) is 0 Å². The molecule has 1 heterocycles. The molecule has 6 nitrogen and oxygen atoms in total. The Morgan fingerprint density at radius 1 is 1.19 bits per heavy atom. The number of thioether (sulfide) groups is 1. The third kappa shape index (κ3) is 8.42. The van der Waals surface area contributed by atoms with Crippen LogP contribution in [-0.4, -0.2) is 47.9 Å². The number of aliphatic imine (C=N–C) groups is 1. The van der Waals surface area contributed by atoms with Crippen LogP contribution in [0.15, 0.2) is 41.5 Å². The minimum Gasteiger partial charge on any atom is -0.497 e. The second-order valence-corrected chi connectivity index (χ2v) is 6.76. The van der Waals surface area contributed by atoms with Crippen molar-refractivity contribution in [2.75, 3.05) is 32.2 Å². The Bertz CT molecular complexity index is 675. The topological polar surface area (TPSA) is 63.5 Å². The number of nitrogens with one attached hydrogen (secondary N) is 2. The highest BCUT2D eigenvalue weighted by atomic mass is 127. The van der Waals surface area contributed by atoms with Crippen molar-refractivity contribution < 1.29 is 4.74 Å². The summed E-state index contributed by atoms with van der Waals surface area (Å²) in [4.78, 5) is 4.63. The lowest BCUT2D eigenvalue weighted by Crippen LogP contribution is -2.37. The fourth-order valence-corrected chi connectivity index (χ4v) is 2.90. The SMILES string of the molecule is CCNC(=NCc1ccn(-c2ccc(OC)cc2)n1)NCCCCSC.I. The van der Waals surface area contributed by atoms with Crippen LogP contribution in [0.1, 0.15) is 25.5 Å². The number of guanidine groups is 1. The number of ether oxygens (including phenoxy) is 1. The number of hydrogen-bond acceptors (Lipinski definition) is 4. The molecule has 0 unspecified atom stereocenters. The zero-order valence-electron chi connectivity index (χ0n) is 16.3. The lowest BCUT2D eigenvalue weighted by atomic mass is 10.3. The average Bonchev–Trinajstić information content (AvgIpc) is 3.15. The van der Waals surface area contributed by atoms with Gasteiger partial charge in [-0.1, -0.05) is 0 Å². The van der Waals surface area contributed by atoms with Crippen molar-refractivity contribution >= 4 is 41.7 Å². The molecule has 0 radical (unpaired) electrons. The van der Waals surface area contributed by atoms with Gasteiger partial charge in [-0.05, 0) is 62.1 Å². The van der Waals surface area contributed by atoms with Crippen molar-refractivity contribution in [3.63, 3.8) is 0 Å². The molecule has 0 bridgehead atoms. The summed E-state index contributed by atoms with van der Waals surface area (Å²) in [7, 11) is 1.66. The van der Waals surface area contributed by atoms with Crippen LogP contribution in [0.3, 0.4) is 0 Å². The highest BCUT2D eigenvalue weighted by molar-refractivity contribution is 14.0. The van der Waals surface area contributed by atoms with E-state index in [2.05, 4.69) is 33.9 Å². The number of methoxy groups -OCH3 is 1. The Morgan fingerprint density at radius 3 is 2.63 bits per heavy atom. The first-order valence-corrected chi connectivity index (χ1v) is 10.4. The van der Waals surface area contributed by atoms with Crippen LogP contribution < -0.4 is 15.4 Å². The summed E-state index contributed by atoms with van der Waals surface area (Å²) in [5, 5.41) is 11.3. The van der Waals surface area contributed by atoms with Gasteiger partial charge in [-0.2, -0.15) is 16.9 Å². The van der Waals surface area contributed by atoms with Gasteiger partial charge in [-0.15, -0.1) is 24.0 Å². The number of nitrogens with zero attached hydrogens (tertiary/aromatic N) is 3. The fraction of sp³-hybridized carbons (Fsp3) is 0.474. The van der Waals surface area contributed by atoms with Crippen LogP contribution in [0.4, 0.5) is 0 Å². The van der Waals surface area contributed by atoms with Gasteiger partial charge in [0, 0.05) is 19.3 Å². The largest absolute Gasteiger partial charge is 0.497 e. The standard InChI is InChI=1S/C19H29N5OS.HI/c1-4-20-19(21-12-5-6-14-26-3)22-15-16-11-13-24(23-16)17-7-9-18(25-2)10-8-17;/h7-11,13H,4-6,12,14-15H2,1-3H3,(H2,20,21,22);1H. The van der Waals surface area contributed by atoms with Gasteiger partial charge in [-0.25, -0.2) is 9.67 Å². The van der Waals surface area contributed by atoms with E-state index < -0.39 is 0 Å². The molecule has 2 rings (SSSR count). The molecule has 0 spiro atoms.